The number of nitrogens with one attached hydrogen (secondary N) is 1. The summed E-state index contributed by atoms with van der Waals surface area (Å²) in [6.07, 6.45) is -3.40. The van der Waals surface area contributed by atoms with Crippen molar-refractivity contribution in [3.63, 3.8) is 0 Å². The van der Waals surface area contributed by atoms with Crippen LogP contribution in [0, 0.1) is 5.82 Å². The van der Waals surface area contributed by atoms with Crippen LogP contribution >= 0.6 is 11.3 Å². The second-order valence-corrected chi connectivity index (χ2v) is 9.20. The normalized spacial score (nSPS) is 13.8. The van der Waals surface area contributed by atoms with Gasteiger partial charge >= 0.3 is 6.18 Å². The largest absolute Gasteiger partial charge is 0.408 e. The number of nitrogens with zero attached hydrogens (tertiary/aromatic N) is 3. The molecule has 3 rings (SSSR count). The van der Waals surface area contributed by atoms with E-state index in [1.165, 1.54) is 24.5 Å². The number of thiazole rings is 1. The number of hydrogen-bond acceptors (Lipinski definition) is 5. The van der Waals surface area contributed by atoms with E-state index in [2.05, 4.69) is 9.98 Å². The minimum Gasteiger partial charge on any atom is -0.369 e. The van der Waals surface area contributed by atoms with E-state index in [-0.39, 0.29) is 4.90 Å². The smallest absolute Gasteiger partial charge is 0.369 e. The summed E-state index contributed by atoms with van der Waals surface area (Å²) in [6.45, 7) is 0. The molecule has 0 radical (unpaired) electrons. The Morgan fingerprint density at radius 2 is 1.83 bits per heavy atom. The number of aromatic nitrogens is 1. The summed E-state index contributed by atoms with van der Waals surface area (Å²) in [5, 5.41) is 0.376. The third-order valence-electron chi connectivity index (χ3n) is 3.86. The number of hydrogen-bond donors (Lipinski definition) is 1. The number of fused-ring (bicyclic) bond motifs is 1. The fraction of sp³-hybridized carbons (Fsp3) is 0.222. The van der Waals surface area contributed by atoms with E-state index in [9.17, 15) is 26.0 Å². The fourth-order valence-corrected chi connectivity index (χ4v) is 4.64. The summed E-state index contributed by atoms with van der Waals surface area (Å²) >= 11 is 1.10. The molecule has 0 spiro atoms. The van der Waals surface area contributed by atoms with E-state index in [4.69, 9.17) is 0 Å². The van der Waals surface area contributed by atoms with Crippen molar-refractivity contribution in [2.24, 2.45) is 4.99 Å². The lowest BCUT2D eigenvalue weighted by Gasteiger charge is -2.22. The van der Waals surface area contributed by atoms with E-state index in [1.807, 2.05) is 0 Å². The molecule has 0 aliphatic rings. The van der Waals surface area contributed by atoms with Gasteiger partial charge in [0.15, 0.2) is 0 Å². The summed E-state index contributed by atoms with van der Waals surface area (Å²) in [7, 11) is -1.00. The maximum Gasteiger partial charge on any atom is 0.408 e. The predicted molar refractivity (Wildman–Crippen MR) is 107 cm³/mol. The fourth-order valence-electron chi connectivity index (χ4n) is 2.48. The maximum absolute atomic E-state index is 13.5. The minimum absolute atomic E-state index is 0.349. The van der Waals surface area contributed by atoms with E-state index in [0.717, 1.165) is 35.6 Å². The molecule has 6 nitrogen and oxygen atoms in total. The molecule has 0 fully saturated rings. The molecule has 1 atom stereocenters. The summed E-state index contributed by atoms with van der Waals surface area (Å²) in [5.41, 5.74) is 0.0439. The lowest BCUT2D eigenvalue weighted by molar-refractivity contribution is -0.153. The first kappa shape index (κ1) is 22.1. The molecule has 0 unspecified atom stereocenters. The maximum atomic E-state index is 13.5. The van der Waals surface area contributed by atoms with Gasteiger partial charge < -0.3 is 4.90 Å². The molecule has 30 heavy (non-hydrogen) atoms. The SMILES string of the molecule is CN(C)C=Nc1nc2ccc(S(=O)(=O)N[C@H](c3ccc(F)cc3)C(F)(F)F)cc2s1. The van der Waals surface area contributed by atoms with Gasteiger partial charge in [-0.15, -0.1) is 0 Å². The Balaban J connectivity index is 1.94. The summed E-state index contributed by atoms with van der Waals surface area (Å²) in [4.78, 5) is 9.70. The first-order valence-electron chi connectivity index (χ1n) is 8.41. The quantitative estimate of drug-likeness (QED) is 0.339. The van der Waals surface area contributed by atoms with Gasteiger partial charge in [0.25, 0.3) is 0 Å². The number of aliphatic imine (C=N–C) groups is 1. The Morgan fingerprint density at radius 3 is 2.43 bits per heavy atom. The van der Waals surface area contributed by atoms with Gasteiger partial charge in [-0.2, -0.15) is 17.9 Å². The van der Waals surface area contributed by atoms with Crippen molar-refractivity contribution in [2.75, 3.05) is 14.1 Å². The lowest BCUT2D eigenvalue weighted by atomic mass is 10.1. The molecule has 0 aliphatic carbocycles. The van der Waals surface area contributed by atoms with Gasteiger partial charge in [0, 0.05) is 14.1 Å². The standard InChI is InChI=1S/C18H16F4N4O2S2/c1-26(2)10-23-17-24-14-8-7-13(9-15(14)29-17)30(27,28)25-16(18(20,21)22)11-3-5-12(19)6-4-11/h3-10,16,25H,1-2H3/t16-/m1/s1. The van der Waals surface area contributed by atoms with E-state index < -0.39 is 33.6 Å². The molecule has 0 amide bonds. The third kappa shape index (κ3) is 5.12. The van der Waals surface area contributed by atoms with E-state index >= 15 is 0 Å². The van der Waals surface area contributed by atoms with E-state index in [0.29, 0.717) is 15.3 Å². The molecule has 0 saturated carbocycles. The molecular formula is C18H16F4N4O2S2. The highest BCUT2D eigenvalue weighted by Crippen LogP contribution is 2.35. The molecule has 1 aromatic heterocycles. The van der Waals surface area contributed by atoms with Crippen molar-refractivity contribution in [2.45, 2.75) is 17.1 Å². The molecular weight excluding hydrogens is 444 g/mol. The van der Waals surface area contributed by atoms with Crippen LogP contribution < -0.4 is 4.72 Å². The number of alkyl halides is 3. The second-order valence-electron chi connectivity index (χ2n) is 6.48. The Hall–Kier alpha value is -2.57. The zero-order valence-corrected chi connectivity index (χ0v) is 17.3. The molecule has 160 valence electrons. The number of halogens is 4. The predicted octanol–water partition coefficient (Wildman–Crippen LogP) is 4.24. The van der Waals surface area contributed by atoms with Gasteiger partial charge in [0.05, 0.1) is 21.5 Å². The molecule has 1 heterocycles. The van der Waals surface area contributed by atoms with Crippen LogP contribution in [0.15, 0.2) is 52.4 Å². The number of sulfonamides is 1. The summed E-state index contributed by atoms with van der Waals surface area (Å²) in [6, 6.07) is 4.72. The Morgan fingerprint density at radius 1 is 1.17 bits per heavy atom. The van der Waals surface area contributed by atoms with Crippen LogP contribution in [-0.4, -0.2) is 44.9 Å². The van der Waals surface area contributed by atoms with Crippen LogP contribution in [0.1, 0.15) is 11.6 Å². The molecule has 12 heteroatoms. The van der Waals surface area contributed by atoms with Gasteiger partial charge in [-0.1, -0.05) is 23.5 Å². The first-order chi connectivity index (χ1) is 14.0. The molecule has 0 saturated heterocycles. The first-order valence-corrected chi connectivity index (χ1v) is 10.7. The van der Waals surface area contributed by atoms with Crippen LogP contribution in [0.4, 0.5) is 22.7 Å². The van der Waals surface area contributed by atoms with Crippen LogP contribution in [0.25, 0.3) is 10.2 Å². The van der Waals surface area contributed by atoms with Crippen molar-refractivity contribution in [3.8, 4) is 0 Å². The summed E-state index contributed by atoms with van der Waals surface area (Å²) < 4.78 is 81.0. The van der Waals surface area contributed by atoms with Gasteiger partial charge in [-0.25, -0.2) is 22.8 Å². The zero-order valence-electron chi connectivity index (χ0n) is 15.7. The molecule has 0 aliphatic heterocycles. The van der Waals surface area contributed by atoms with Crippen LogP contribution in [-0.2, 0) is 10.0 Å². The van der Waals surface area contributed by atoms with Crippen molar-refractivity contribution >= 4 is 43.0 Å². The molecule has 1 N–H and O–H groups in total. The van der Waals surface area contributed by atoms with Gasteiger partial charge in [-0.05, 0) is 35.9 Å². The number of rotatable bonds is 6. The zero-order chi connectivity index (χ0) is 22.1. The second kappa shape index (κ2) is 8.28. The van der Waals surface area contributed by atoms with Crippen molar-refractivity contribution in [3.05, 3.63) is 53.8 Å². The molecule has 2 aromatic carbocycles. The topological polar surface area (TPSA) is 74.7 Å². The Kier molecular flexibility index (Phi) is 6.11. The minimum atomic E-state index is -4.92. The Labute approximate surface area is 173 Å². The van der Waals surface area contributed by atoms with Crippen LogP contribution in [0.5, 0.6) is 0 Å². The van der Waals surface area contributed by atoms with Crippen molar-refractivity contribution in [1.82, 2.24) is 14.6 Å². The van der Waals surface area contributed by atoms with Crippen LogP contribution in [0.3, 0.4) is 0 Å². The van der Waals surface area contributed by atoms with Crippen molar-refractivity contribution < 1.29 is 26.0 Å². The van der Waals surface area contributed by atoms with Gasteiger partial charge in [0.1, 0.15) is 11.9 Å². The van der Waals surface area contributed by atoms with Crippen LogP contribution in [0.2, 0.25) is 0 Å². The molecule has 0 bridgehead atoms. The van der Waals surface area contributed by atoms with Crippen molar-refractivity contribution in [1.29, 1.82) is 0 Å². The van der Waals surface area contributed by atoms with Gasteiger partial charge in [0.2, 0.25) is 15.2 Å². The highest BCUT2D eigenvalue weighted by atomic mass is 32.2. The highest BCUT2D eigenvalue weighted by molar-refractivity contribution is 7.89. The van der Waals surface area contributed by atoms with E-state index in [1.54, 1.807) is 23.7 Å². The van der Waals surface area contributed by atoms with Gasteiger partial charge in [-0.3, -0.25) is 0 Å². The average Bonchev–Trinajstić information content (AvgIpc) is 3.07. The highest BCUT2D eigenvalue weighted by Gasteiger charge is 2.43. The Bertz CT molecular complexity index is 1170. The summed E-state index contributed by atoms with van der Waals surface area (Å²) in [5.74, 6) is -0.731. The molecule has 3 aromatic rings. The lowest BCUT2D eigenvalue weighted by Crippen LogP contribution is -2.38. The number of benzene rings is 2. The third-order valence-corrected chi connectivity index (χ3v) is 6.21. The average molecular weight is 460 g/mol. The monoisotopic (exact) mass is 460 g/mol.